The molecule has 0 saturated carbocycles. The van der Waals surface area contributed by atoms with Gasteiger partial charge in [-0.25, -0.2) is 4.79 Å². The van der Waals surface area contributed by atoms with Crippen LogP contribution < -0.4 is 10.6 Å². The van der Waals surface area contributed by atoms with Gasteiger partial charge in [0.1, 0.15) is 12.6 Å². The number of methoxy groups -OCH3 is 1. The third kappa shape index (κ3) is 8.91. The summed E-state index contributed by atoms with van der Waals surface area (Å²) >= 11 is 1.46. The quantitative estimate of drug-likeness (QED) is 0.506. The van der Waals surface area contributed by atoms with Crippen molar-refractivity contribution >= 4 is 35.5 Å². The van der Waals surface area contributed by atoms with Crippen LogP contribution in [0, 0.1) is 0 Å². The van der Waals surface area contributed by atoms with Crippen LogP contribution in [0.2, 0.25) is 0 Å². The fourth-order valence-electron chi connectivity index (χ4n) is 2.46. The molecule has 2 rings (SSSR count). The van der Waals surface area contributed by atoms with Gasteiger partial charge >= 0.3 is 11.9 Å². The molecule has 2 amide bonds. The van der Waals surface area contributed by atoms with Gasteiger partial charge in [0.2, 0.25) is 0 Å². The van der Waals surface area contributed by atoms with Crippen LogP contribution in [-0.4, -0.2) is 55.8 Å². The number of hydrogen-bond acceptors (Lipinski definition) is 7. The first-order chi connectivity index (χ1) is 15.0. The summed E-state index contributed by atoms with van der Waals surface area (Å²) in [6, 6.07) is 17.2. The van der Waals surface area contributed by atoms with Crippen LogP contribution in [0.15, 0.2) is 60.7 Å². The topological polar surface area (TPSA) is 111 Å². The fourth-order valence-corrected chi connectivity index (χ4v) is 3.46. The number of rotatable bonds is 11. The normalized spacial score (nSPS) is 11.1. The molecule has 0 aliphatic heterocycles. The molecule has 9 heteroatoms. The first-order valence-electron chi connectivity index (χ1n) is 9.47. The summed E-state index contributed by atoms with van der Waals surface area (Å²) in [4.78, 5) is 47.7. The number of hydrogen-bond donors (Lipinski definition) is 2. The Morgan fingerprint density at radius 2 is 1.61 bits per heavy atom. The van der Waals surface area contributed by atoms with Gasteiger partial charge in [-0.1, -0.05) is 48.5 Å². The number of nitrogens with one attached hydrogen (secondary N) is 2. The van der Waals surface area contributed by atoms with Crippen LogP contribution in [0.25, 0.3) is 0 Å². The van der Waals surface area contributed by atoms with Gasteiger partial charge in [-0.3, -0.25) is 14.4 Å². The second-order valence-corrected chi connectivity index (χ2v) is 7.38. The molecule has 0 fully saturated rings. The Labute approximate surface area is 184 Å². The Balaban J connectivity index is 1.72. The Hall–Kier alpha value is -3.33. The molecule has 0 spiro atoms. The molecule has 164 valence electrons. The second kappa shape index (κ2) is 13.1. The number of carbonyl (C=O) groups is 4. The van der Waals surface area contributed by atoms with E-state index in [1.54, 1.807) is 30.3 Å². The second-order valence-electron chi connectivity index (χ2n) is 6.35. The Morgan fingerprint density at radius 1 is 0.968 bits per heavy atom. The lowest BCUT2D eigenvalue weighted by atomic mass is 10.2. The van der Waals surface area contributed by atoms with E-state index >= 15 is 0 Å². The Bertz CT molecular complexity index is 876. The van der Waals surface area contributed by atoms with E-state index in [4.69, 9.17) is 9.47 Å². The summed E-state index contributed by atoms with van der Waals surface area (Å²) in [5, 5.41) is 4.91. The molecular formula is C22H24N2O6S. The molecule has 2 aromatic carbocycles. The highest BCUT2D eigenvalue weighted by molar-refractivity contribution is 7.98. The van der Waals surface area contributed by atoms with Gasteiger partial charge in [-0.05, 0) is 17.7 Å². The molecule has 0 aliphatic rings. The van der Waals surface area contributed by atoms with Gasteiger partial charge in [-0.15, -0.1) is 0 Å². The van der Waals surface area contributed by atoms with Gasteiger partial charge in [0.15, 0.2) is 6.61 Å². The molecule has 0 heterocycles. The van der Waals surface area contributed by atoms with Crippen molar-refractivity contribution in [2.24, 2.45) is 0 Å². The first-order valence-corrected chi connectivity index (χ1v) is 10.6. The molecule has 2 N–H and O–H groups in total. The van der Waals surface area contributed by atoms with Crippen molar-refractivity contribution in [1.82, 2.24) is 10.6 Å². The molecule has 0 aromatic heterocycles. The molecule has 2 aromatic rings. The highest BCUT2D eigenvalue weighted by Gasteiger charge is 2.22. The van der Waals surface area contributed by atoms with Gasteiger partial charge in [0.05, 0.1) is 7.11 Å². The van der Waals surface area contributed by atoms with Crippen LogP contribution >= 0.6 is 11.8 Å². The molecule has 0 bridgehead atoms. The number of amides is 2. The minimum atomic E-state index is -0.873. The van der Waals surface area contributed by atoms with Crippen LogP contribution in [0.1, 0.15) is 15.9 Å². The molecule has 0 unspecified atom stereocenters. The predicted molar refractivity (Wildman–Crippen MR) is 116 cm³/mol. The highest BCUT2D eigenvalue weighted by Crippen LogP contribution is 2.13. The summed E-state index contributed by atoms with van der Waals surface area (Å²) in [6.07, 6.45) is 0. The molecule has 1 atom stereocenters. The number of esters is 2. The molecule has 0 radical (unpaired) electrons. The van der Waals surface area contributed by atoms with Crippen molar-refractivity contribution in [3.63, 3.8) is 0 Å². The molecular weight excluding hydrogens is 420 g/mol. The number of benzene rings is 2. The van der Waals surface area contributed by atoms with Crippen LogP contribution in [0.3, 0.4) is 0 Å². The summed E-state index contributed by atoms with van der Waals surface area (Å²) < 4.78 is 9.58. The molecule has 31 heavy (non-hydrogen) atoms. The predicted octanol–water partition coefficient (Wildman–Crippen LogP) is 1.55. The third-order valence-corrected chi connectivity index (χ3v) is 5.12. The van der Waals surface area contributed by atoms with Crippen molar-refractivity contribution in [2.45, 2.75) is 11.8 Å². The lowest BCUT2D eigenvalue weighted by molar-refractivity contribution is -0.149. The lowest BCUT2D eigenvalue weighted by Crippen LogP contribution is -2.45. The van der Waals surface area contributed by atoms with Crippen molar-refractivity contribution in [1.29, 1.82) is 0 Å². The smallest absolute Gasteiger partial charge is 0.329 e. The first kappa shape index (κ1) is 23.9. The molecule has 8 nitrogen and oxygen atoms in total. The van der Waals surface area contributed by atoms with Crippen LogP contribution in [-0.2, 0) is 29.6 Å². The maximum absolute atomic E-state index is 12.1. The largest absolute Gasteiger partial charge is 0.467 e. The summed E-state index contributed by atoms with van der Waals surface area (Å²) in [5.41, 5.74) is 1.50. The van der Waals surface area contributed by atoms with E-state index < -0.39 is 36.4 Å². The average molecular weight is 445 g/mol. The Morgan fingerprint density at radius 3 is 2.26 bits per heavy atom. The van der Waals surface area contributed by atoms with Crippen molar-refractivity contribution in [2.75, 3.05) is 26.0 Å². The van der Waals surface area contributed by atoms with E-state index in [-0.39, 0.29) is 6.54 Å². The van der Waals surface area contributed by atoms with E-state index in [9.17, 15) is 19.2 Å². The molecule has 0 saturated heterocycles. The summed E-state index contributed by atoms with van der Waals surface area (Å²) in [6.45, 7) is -0.953. The SMILES string of the molecule is COC(=O)[C@@H](CSCc1ccccc1)NC(=O)COC(=O)CNC(=O)c1ccccc1. The van der Waals surface area contributed by atoms with Crippen molar-refractivity contribution in [3.8, 4) is 0 Å². The number of carbonyl (C=O) groups excluding carboxylic acids is 4. The van der Waals surface area contributed by atoms with Crippen molar-refractivity contribution < 1.29 is 28.7 Å². The minimum absolute atomic E-state index is 0.300. The van der Waals surface area contributed by atoms with E-state index in [2.05, 4.69) is 10.6 Å². The van der Waals surface area contributed by atoms with Gasteiger partial charge < -0.3 is 20.1 Å². The maximum atomic E-state index is 12.1. The number of ether oxygens (including phenoxy) is 2. The third-order valence-electron chi connectivity index (χ3n) is 4.01. The highest BCUT2D eigenvalue weighted by atomic mass is 32.2. The van der Waals surface area contributed by atoms with Gasteiger partial charge in [0, 0.05) is 17.1 Å². The van der Waals surface area contributed by atoms with Crippen LogP contribution in [0.5, 0.6) is 0 Å². The van der Waals surface area contributed by atoms with Gasteiger partial charge in [-0.2, -0.15) is 11.8 Å². The lowest BCUT2D eigenvalue weighted by Gasteiger charge is -2.16. The van der Waals surface area contributed by atoms with E-state index in [0.717, 1.165) is 5.56 Å². The van der Waals surface area contributed by atoms with Gasteiger partial charge in [0.25, 0.3) is 11.8 Å². The van der Waals surface area contributed by atoms with Crippen molar-refractivity contribution in [3.05, 3.63) is 71.8 Å². The summed E-state index contributed by atoms with van der Waals surface area (Å²) in [7, 11) is 1.23. The monoisotopic (exact) mass is 444 g/mol. The zero-order chi connectivity index (χ0) is 22.5. The Kier molecular flexibility index (Phi) is 10.1. The minimum Gasteiger partial charge on any atom is -0.467 e. The number of thioether (sulfide) groups is 1. The fraction of sp³-hybridized carbons (Fsp3) is 0.273. The van der Waals surface area contributed by atoms with E-state index in [0.29, 0.717) is 17.1 Å². The van der Waals surface area contributed by atoms with E-state index in [1.807, 2.05) is 30.3 Å². The summed E-state index contributed by atoms with van der Waals surface area (Å²) in [5.74, 6) is -1.46. The standard InChI is InChI=1S/C22H24N2O6S/c1-29-22(28)18(15-31-14-16-8-4-2-5-9-16)24-19(25)13-30-20(26)12-23-21(27)17-10-6-3-7-11-17/h2-11,18H,12-15H2,1H3,(H,23,27)(H,24,25)/t18-/m1/s1. The maximum Gasteiger partial charge on any atom is 0.329 e. The average Bonchev–Trinajstić information content (AvgIpc) is 2.81. The zero-order valence-electron chi connectivity index (χ0n) is 17.0. The van der Waals surface area contributed by atoms with Crippen LogP contribution in [0.4, 0.5) is 0 Å². The van der Waals surface area contributed by atoms with E-state index in [1.165, 1.54) is 18.9 Å². The zero-order valence-corrected chi connectivity index (χ0v) is 17.9. The molecule has 0 aliphatic carbocycles.